The summed E-state index contributed by atoms with van der Waals surface area (Å²) in [4.78, 5) is 30.6. The molecule has 40 heavy (non-hydrogen) atoms. The van der Waals surface area contributed by atoms with Crippen LogP contribution in [0.4, 0.5) is 0 Å². The molecule has 7 nitrogen and oxygen atoms in total. The van der Waals surface area contributed by atoms with E-state index in [0.717, 1.165) is 86.2 Å². The lowest BCUT2D eigenvalue weighted by atomic mass is 9.83. The summed E-state index contributed by atoms with van der Waals surface area (Å²) in [7, 11) is 1.68. The highest BCUT2D eigenvalue weighted by atomic mass is 16.5. The van der Waals surface area contributed by atoms with Gasteiger partial charge in [-0.25, -0.2) is 0 Å². The Morgan fingerprint density at radius 3 is 2.52 bits per heavy atom. The maximum Gasteiger partial charge on any atom is 0.308 e. The number of hydrogen-bond acceptors (Lipinski definition) is 5. The molecule has 0 saturated carbocycles. The van der Waals surface area contributed by atoms with Crippen LogP contribution in [0.2, 0.25) is 0 Å². The zero-order valence-electron chi connectivity index (χ0n) is 24.4. The SMILES string of the molecule is CCCCN(CCCC)C(=O)CN1C[C@H](c2ccc3c(c2)CCO3)[C@@H](C(=O)O)[C@@H]1CCCc1ccccc1OC. The van der Waals surface area contributed by atoms with Crippen molar-refractivity contribution in [2.24, 2.45) is 5.92 Å². The van der Waals surface area contributed by atoms with Crippen LogP contribution in [0.15, 0.2) is 42.5 Å². The molecule has 3 atom stereocenters. The Morgan fingerprint density at radius 2 is 1.82 bits per heavy atom. The van der Waals surface area contributed by atoms with E-state index in [4.69, 9.17) is 9.47 Å². The van der Waals surface area contributed by atoms with Crippen LogP contribution in [0.3, 0.4) is 0 Å². The second-order valence-electron chi connectivity index (χ2n) is 11.2. The topological polar surface area (TPSA) is 79.3 Å². The predicted octanol–water partition coefficient (Wildman–Crippen LogP) is 5.55. The highest BCUT2D eigenvalue weighted by Crippen LogP contribution is 2.41. The van der Waals surface area contributed by atoms with Crippen LogP contribution >= 0.6 is 0 Å². The fourth-order valence-electron chi connectivity index (χ4n) is 6.37. The summed E-state index contributed by atoms with van der Waals surface area (Å²) in [6.45, 7) is 7.31. The number of benzene rings is 2. The van der Waals surface area contributed by atoms with Gasteiger partial charge in [-0.3, -0.25) is 14.5 Å². The average molecular weight is 551 g/mol. The molecule has 218 valence electrons. The fourth-order valence-corrected chi connectivity index (χ4v) is 6.37. The Bertz CT molecular complexity index is 1130. The van der Waals surface area contributed by atoms with Gasteiger partial charge in [0, 0.05) is 38.0 Å². The maximum absolute atomic E-state index is 13.6. The van der Waals surface area contributed by atoms with Crippen molar-refractivity contribution in [1.82, 2.24) is 9.80 Å². The number of hydrogen-bond donors (Lipinski definition) is 1. The van der Waals surface area contributed by atoms with Crippen molar-refractivity contribution < 1.29 is 24.2 Å². The molecule has 0 radical (unpaired) electrons. The smallest absolute Gasteiger partial charge is 0.308 e. The number of aryl methyl sites for hydroxylation is 1. The number of carbonyl (C=O) groups is 2. The minimum Gasteiger partial charge on any atom is -0.496 e. The van der Waals surface area contributed by atoms with Gasteiger partial charge in [-0.05, 0) is 60.9 Å². The standard InChI is InChI=1S/C33H46N2O5/c1-4-6-18-34(19-7-5-2)31(36)23-35-22-27(25-15-16-30-26(21-25)17-20-40-30)32(33(37)38)28(35)13-10-12-24-11-8-9-14-29(24)39-3/h8-9,11,14-16,21,27-28,32H,4-7,10,12-13,17-20,22-23H2,1-3H3,(H,37,38)/t27-,28+,32-/m1/s1. The molecule has 4 rings (SSSR count). The van der Waals surface area contributed by atoms with E-state index in [1.165, 1.54) is 0 Å². The van der Waals surface area contributed by atoms with Crippen LogP contribution in [0.1, 0.15) is 75.0 Å². The van der Waals surface area contributed by atoms with E-state index in [-0.39, 0.29) is 24.4 Å². The maximum atomic E-state index is 13.6. The van der Waals surface area contributed by atoms with E-state index in [9.17, 15) is 14.7 Å². The monoisotopic (exact) mass is 550 g/mol. The number of fused-ring (bicyclic) bond motifs is 1. The van der Waals surface area contributed by atoms with E-state index in [1.807, 2.05) is 35.2 Å². The van der Waals surface area contributed by atoms with E-state index >= 15 is 0 Å². The van der Waals surface area contributed by atoms with Crippen LogP contribution in [0.5, 0.6) is 11.5 Å². The molecule has 2 aromatic carbocycles. The number of carbonyl (C=O) groups excluding carboxylic acids is 1. The van der Waals surface area contributed by atoms with Crippen molar-refractivity contribution >= 4 is 11.9 Å². The van der Waals surface area contributed by atoms with E-state index in [0.29, 0.717) is 19.6 Å². The molecular weight excluding hydrogens is 504 g/mol. The van der Waals surface area contributed by atoms with E-state index < -0.39 is 11.9 Å². The Hall–Kier alpha value is -3.06. The lowest BCUT2D eigenvalue weighted by Crippen LogP contribution is -2.44. The fraction of sp³-hybridized carbons (Fsp3) is 0.576. The van der Waals surface area contributed by atoms with Crippen molar-refractivity contribution in [3.8, 4) is 11.5 Å². The first-order valence-corrected chi connectivity index (χ1v) is 15.1. The summed E-state index contributed by atoms with van der Waals surface area (Å²) in [6.07, 6.45) is 7.21. The molecule has 1 N–H and O–H groups in total. The van der Waals surface area contributed by atoms with Crippen LogP contribution < -0.4 is 9.47 Å². The third-order valence-electron chi connectivity index (χ3n) is 8.57. The second kappa shape index (κ2) is 14.5. The van der Waals surface area contributed by atoms with E-state index in [1.54, 1.807) is 7.11 Å². The summed E-state index contributed by atoms with van der Waals surface area (Å²) in [5, 5.41) is 10.5. The minimum atomic E-state index is -0.784. The number of nitrogens with zero attached hydrogens (tertiary/aromatic N) is 2. The molecule has 1 fully saturated rings. The normalized spacial score (nSPS) is 20.2. The first-order chi connectivity index (χ1) is 19.5. The lowest BCUT2D eigenvalue weighted by Gasteiger charge is -2.30. The quantitative estimate of drug-likeness (QED) is 0.313. The molecule has 0 unspecified atom stereocenters. The van der Waals surface area contributed by atoms with Gasteiger partial charge in [0.05, 0.1) is 26.2 Å². The second-order valence-corrected chi connectivity index (χ2v) is 11.2. The summed E-state index contributed by atoms with van der Waals surface area (Å²) < 4.78 is 11.2. The number of likely N-dealkylation sites (tertiary alicyclic amines) is 1. The predicted molar refractivity (Wildman–Crippen MR) is 157 cm³/mol. The highest BCUT2D eigenvalue weighted by molar-refractivity contribution is 5.79. The molecule has 7 heteroatoms. The zero-order valence-corrected chi connectivity index (χ0v) is 24.4. The van der Waals surface area contributed by atoms with Crippen molar-refractivity contribution in [2.75, 3.05) is 39.9 Å². The molecule has 0 aromatic heterocycles. The van der Waals surface area contributed by atoms with Gasteiger partial charge in [0.2, 0.25) is 5.91 Å². The number of rotatable bonds is 15. The highest BCUT2D eigenvalue weighted by Gasteiger charge is 2.47. The van der Waals surface area contributed by atoms with Gasteiger partial charge >= 0.3 is 5.97 Å². The summed E-state index contributed by atoms with van der Waals surface area (Å²) in [5.74, 6) is 0.335. The average Bonchev–Trinajstić information content (AvgIpc) is 3.57. The molecule has 1 amide bonds. The summed E-state index contributed by atoms with van der Waals surface area (Å²) in [5.41, 5.74) is 3.31. The molecule has 0 bridgehead atoms. The Kier molecular flexibility index (Phi) is 10.9. The third kappa shape index (κ3) is 7.17. The summed E-state index contributed by atoms with van der Waals surface area (Å²) in [6, 6.07) is 13.9. The number of methoxy groups -OCH3 is 1. The lowest BCUT2D eigenvalue weighted by molar-refractivity contribution is -0.143. The number of carboxylic acid groups (broad SMARTS) is 1. The van der Waals surface area contributed by atoms with E-state index in [2.05, 4.69) is 30.9 Å². The Balaban J connectivity index is 1.57. The number of ether oxygens (including phenoxy) is 2. The van der Waals surface area contributed by atoms with Crippen LogP contribution in [-0.4, -0.2) is 72.7 Å². The van der Waals surface area contributed by atoms with Gasteiger partial charge in [0.1, 0.15) is 11.5 Å². The number of aliphatic carboxylic acids is 1. The minimum absolute atomic E-state index is 0.115. The van der Waals surface area contributed by atoms with Gasteiger partial charge in [0.15, 0.2) is 0 Å². The molecule has 2 heterocycles. The molecule has 2 aliphatic heterocycles. The molecule has 1 saturated heterocycles. The molecule has 0 aliphatic carbocycles. The first kappa shape index (κ1) is 29.9. The number of para-hydroxylation sites is 1. The largest absolute Gasteiger partial charge is 0.496 e. The van der Waals surface area contributed by atoms with Gasteiger partial charge in [-0.2, -0.15) is 0 Å². The number of carboxylic acids is 1. The van der Waals surface area contributed by atoms with Crippen molar-refractivity contribution in [3.63, 3.8) is 0 Å². The number of amides is 1. The van der Waals surface area contributed by atoms with Gasteiger partial charge in [0.25, 0.3) is 0 Å². The first-order valence-electron chi connectivity index (χ1n) is 15.1. The van der Waals surface area contributed by atoms with Crippen LogP contribution in [-0.2, 0) is 22.4 Å². The molecular formula is C33H46N2O5. The molecule has 2 aromatic rings. The number of unbranched alkanes of at least 4 members (excludes halogenated alkanes) is 2. The van der Waals surface area contributed by atoms with Gasteiger partial charge < -0.3 is 19.5 Å². The molecule has 0 spiro atoms. The zero-order chi connectivity index (χ0) is 28.5. The van der Waals surface area contributed by atoms with Crippen LogP contribution in [0, 0.1) is 5.92 Å². The third-order valence-corrected chi connectivity index (χ3v) is 8.57. The summed E-state index contributed by atoms with van der Waals surface area (Å²) >= 11 is 0. The Morgan fingerprint density at radius 1 is 1.07 bits per heavy atom. The molecule has 2 aliphatic rings. The van der Waals surface area contributed by atoms with Gasteiger partial charge in [-0.1, -0.05) is 57.0 Å². The van der Waals surface area contributed by atoms with Crippen molar-refractivity contribution in [2.45, 2.75) is 77.2 Å². The Labute approximate surface area is 239 Å². The van der Waals surface area contributed by atoms with Crippen LogP contribution in [0.25, 0.3) is 0 Å². The van der Waals surface area contributed by atoms with Crippen molar-refractivity contribution in [3.05, 3.63) is 59.2 Å². The van der Waals surface area contributed by atoms with Crippen molar-refractivity contribution in [1.29, 1.82) is 0 Å². The van der Waals surface area contributed by atoms with Gasteiger partial charge in [-0.15, -0.1) is 0 Å².